The Labute approximate surface area is 72.9 Å². The molecule has 0 amide bonds. The maximum Gasteiger partial charge on any atom is 0.292 e. The predicted octanol–water partition coefficient (Wildman–Crippen LogP) is 1.10. The van der Waals surface area contributed by atoms with E-state index in [1.807, 2.05) is 0 Å². The number of rotatable bonds is 5. The summed E-state index contributed by atoms with van der Waals surface area (Å²) >= 11 is 0. The van der Waals surface area contributed by atoms with Crippen molar-refractivity contribution in [2.24, 2.45) is 0 Å². The van der Waals surface area contributed by atoms with Gasteiger partial charge in [-0.1, -0.05) is 30.9 Å². The highest BCUT2D eigenvalue weighted by Gasteiger charge is 2.05. The van der Waals surface area contributed by atoms with Gasteiger partial charge in [0.1, 0.15) is 5.68 Å². The molecule has 0 fully saturated rings. The summed E-state index contributed by atoms with van der Waals surface area (Å²) in [4.78, 5) is 21.0. The van der Waals surface area contributed by atoms with Crippen LogP contribution < -0.4 is 0 Å². The van der Waals surface area contributed by atoms with Crippen LogP contribution in [0.5, 0.6) is 0 Å². The molecule has 0 rings (SSSR count). The largest absolute Gasteiger partial charge is 0.315 e. The van der Waals surface area contributed by atoms with E-state index in [1.54, 1.807) is 31.2 Å². The second-order valence-electron chi connectivity index (χ2n) is 2.01. The van der Waals surface area contributed by atoms with Gasteiger partial charge in [0.05, 0.1) is 6.19 Å². The fourth-order valence-electron chi connectivity index (χ4n) is 0.650. The molecular weight excluding hydrogens is 151 g/mol. The lowest BCUT2D eigenvalue weighted by atomic mass is 9.72. The van der Waals surface area contributed by atoms with Crippen molar-refractivity contribution in [3.8, 4) is 0 Å². The zero-order valence-electron chi connectivity index (χ0n) is 6.99. The number of allylic oxidation sites excluding steroid dienone is 5. The lowest BCUT2D eigenvalue weighted by Crippen LogP contribution is -2.11. The molecule has 0 saturated carbocycles. The van der Waals surface area contributed by atoms with Crippen LogP contribution in [0.4, 0.5) is 0 Å². The van der Waals surface area contributed by atoms with Crippen molar-refractivity contribution in [1.82, 2.24) is 0 Å². The Morgan fingerprint density at radius 2 is 2.17 bits per heavy atom. The van der Waals surface area contributed by atoms with Crippen LogP contribution >= 0.6 is 0 Å². The number of carbonyl (C=O) groups is 2. The van der Waals surface area contributed by atoms with Crippen molar-refractivity contribution in [3.05, 3.63) is 36.5 Å². The van der Waals surface area contributed by atoms with Crippen LogP contribution in [-0.2, 0) is 9.59 Å². The van der Waals surface area contributed by atoms with E-state index in [0.717, 1.165) is 7.28 Å². The minimum Gasteiger partial charge on any atom is -0.315 e. The lowest BCUT2D eigenvalue weighted by molar-refractivity contribution is -0.108. The quantitative estimate of drug-likeness (QED) is 0.262. The molecule has 0 atom stereocenters. The van der Waals surface area contributed by atoms with Gasteiger partial charge >= 0.3 is 0 Å². The molecule has 0 N–H and O–H groups in total. The SMILES string of the molecule is C=C/C=C\C(=C/C)C(=O)[B]C=O. The molecule has 0 aromatic rings. The fraction of sp³-hybridized carbons (Fsp3) is 0.111. The summed E-state index contributed by atoms with van der Waals surface area (Å²) < 4.78 is 0. The normalized spacial score (nSPS) is 11.2. The van der Waals surface area contributed by atoms with Crippen LogP contribution in [0, 0.1) is 0 Å². The van der Waals surface area contributed by atoms with Crippen LogP contribution in [-0.4, -0.2) is 19.1 Å². The molecule has 1 radical (unpaired) electrons. The molecule has 0 unspecified atom stereocenters. The van der Waals surface area contributed by atoms with E-state index < -0.39 is 0 Å². The lowest BCUT2D eigenvalue weighted by Gasteiger charge is -1.93. The maximum absolute atomic E-state index is 11.0. The van der Waals surface area contributed by atoms with E-state index in [9.17, 15) is 9.59 Å². The summed E-state index contributed by atoms with van der Waals surface area (Å²) in [7, 11) is 0.989. The highest BCUT2D eigenvalue weighted by Crippen LogP contribution is 1.97. The maximum atomic E-state index is 11.0. The molecule has 0 aliphatic carbocycles. The second-order valence-corrected chi connectivity index (χ2v) is 2.01. The summed E-state index contributed by atoms with van der Waals surface area (Å²) in [6.45, 7) is 5.20. The summed E-state index contributed by atoms with van der Waals surface area (Å²) in [5.41, 5.74) is 0.201. The van der Waals surface area contributed by atoms with E-state index in [1.165, 1.54) is 0 Å². The topological polar surface area (TPSA) is 34.1 Å². The van der Waals surface area contributed by atoms with Gasteiger partial charge in [0.25, 0.3) is 7.28 Å². The first-order chi connectivity index (χ1) is 5.76. The molecule has 3 heteroatoms. The van der Waals surface area contributed by atoms with Gasteiger partial charge in [0.2, 0.25) is 0 Å². The molecule has 61 valence electrons. The van der Waals surface area contributed by atoms with Crippen molar-refractivity contribution >= 4 is 19.1 Å². The van der Waals surface area contributed by atoms with Crippen molar-refractivity contribution in [2.75, 3.05) is 0 Å². The van der Waals surface area contributed by atoms with Gasteiger partial charge in [-0.2, -0.15) is 0 Å². The molecule has 0 aliphatic rings. The average Bonchev–Trinajstić information content (AvgIpc) is 2.06. The Bertz CT molecular complexity index is 239. The van der Waals surface area contributed by atoms with Gasteiger partial charge in [0, 0.05) is 5.57 Å². The van der Waals surface area contributed by atoms with Crippen LogP contribution in [0.1, 0.15) is 6.92 Å². The van der Waals surface area contributed by atoms with Gasteiger partial charge in [-0.3, -0.25) is 0 Å². The molecule has 0 heterocycles. The van der Waals surface area contributed by atoms with Gasteiger partial charge in [0.15, 0.2) is 0 Å². The Kier molecular flexibility index (Phi) is 5.62. The molecule has 12 heavy (non-hydrogen) atoms. The van der Waals surface area contributed by atoms with E-state index in [2.05, 4.69) is 6.58 Å². The molecule has 0 spiro atoms. The minimum absolute atomic E-state index is 0.286. The number of hydrogen-bond acceptors (Lipinski definition) is 2. The van der Waals surface area contributed by atoms with Crippen molar-refractivity contribution < 1.29 is 9.59 Å². The van der Waals surface area contributed by atoms with Gasteiger partial charge < -0.3 is 9.59 Å². The minimum atomic E-state index is -0.286. The number of hydrogen-bond donors (Lipinski definition) is 0. The Hall–Kier alpha value is -1.38. The Balaban J connectivity index is 4.36. The molecular formula is C9H10BO2. The summed E-state index contributed by atoms with van der Waals surface area (Å²) in [6.07, 6.45) is 6.94. The average molecular weight is 161 g/mol. The van der Waals surface area contributed by atoms with E-state index >= 15 is 0 Å². The second kappa shape index (κ2) is 6.34. The smallest absolute Gasteiger partial charge is 0.292 e. The van der Waals surface area contributed by atoms with E-state index in [4.69, 9.17) is 0 Å². The molecule has 0 aromatic heterocycles. The molecule has 0 bridgehead atoms. The zero-order valence-corrected chi connectivity index (χ0v) is 6.99. The first kappa shape index (κ1) is 10.6. The van der Waals surface area contributed by atoms with Crippen molar-refractivity contribution in [3.63, 3.8) is 0 Å². The molecule has 2 nitrogen and oxygen atoms in total. The van der Waals surface area contributed by atoms with Crippen molar-refractivity contribution in [1.29, 1.82) is 0 Å². The zero-order chi connectivity index (χ0) is 9.40. The van der Waals surface area contributed by atoms with Crippen LogP contribution in [0.2, 0.25) is 0 Å². The Morgan fingerprint density at radius 1 is 1.50 bits per heavy atom. The van der Waals surface area contributed by atoms with Crippen LogP contribution in [0.25, 0.3) is 0 Å². The third kappa shape index (κ3) is 3.71. The third-order valence-electron chi connectivity index (χ3n) is 1.23. The molecule has 0 aromatic carbocycles. The summed E-state index contributed by atoms with van der Waals surface area (Å²) in [5, 5.41) is 0. The van der Waals surface area contributed by atoms with Gasteiger partial charge in [-0.15, -0.1) is 0 Å². The first-order valence-corrected chi connectivity index (χ1v) is 3.54. The Morgan fingerprint density at radius 3 is 2.58 bits per heavy atom. The standard InChI is InChI=1S/C9H10BO2/c1-3-5-6-8(4-2)9(12)10-7-11/h3-7H,1H2,2H3/b6-5-,8-4+. The van der Waals surface area contributed by atoms with Gasteiger partial charge in [-0.05, 0) is 6.92 Å². The fourth-order valence-corrected chi connectivity index (χ4v) is 0.650. The monoisotopic (exact) mass is 161 g/mol. The highest BCUT2D eigenvalue weighted by atomic mass is 16.1. The summed E-state index contributed by atoms with van der Waals surface area (Å²) in [5.74, 6) is 0. The predicted molar refractivity (Wildman–Crippen MR) is 50.6 cm³/mol. The molecule has 0 saturated heterocycles. The highest BCUT2D eigenvalue weighted by molar-refractivity contribution is 6.95. The van der Waals surface area contributed by atoms with Gasteiger partial charge in [-0.25, -0.2) is 0 Å². The number of carbonyl (C=O) groups excluding carboxylic acids is 2. The van der Waals surface area contributed by atoms with Crippen LogP contribution in [0.3, 0.4) is 0 Å². The van der Waals surface area contributed by atoms with E-state index in [-0.39, 0.29) is 5.68 Å². The van der Waals surface area contributed by atoms with Crippen LogP contribution in [0.15, 0.2) is 36.5 Å². The first-order valence-electron chi connectivity index (χ1n) is 3.54. The summed E-state index contributed by atoms with van der Waals surface area (Å²) in [6, 6.07) is 0. The third-order valence-corrected chi connectivity index (χ3v) is 1.23. The molecule has 0 aliphatic heterocycles. The van der Waals surface area contributed by atoms with E-state index in [0.29, 0.717) is 11.8 Å². The van der Waals surface area contributed by atoms with Crippen molar-refractivity contribution in [2.45, 2.75) is 6.92 Å².